The van der Waals surface area contributed by atoms with Crippen molar-refractivity contribution < 1.29 is 66.8 Å². The number of aromatic nitrogens is 3. The Hall–Kier alpha value is -2.30. The summed E-state index contributed by atoms with van der Waals surface area (Å²) < 4.78 is 80.2. The van der Waals surface area contributed by atoms with Gasteiger partial charge in [-0.3, -0.25) is 9.18 Å². The van der Waals surface area contributed by atoms with Crippen LogP contribution < -0.4 is 5.32 Å². The zero-order chi connectivity index (χ0) is 51.5. The van der Waals surface area contributed by atoms with Crippen LogP contribution in [0.25, 0.3) is 0 Å². The van der Waals surface area contributed by atoms with Gasteiger partial charge >= 0.3 is 0 Å². The highest BCUT2D eigenvalue weighted by atomic mass is 19.1. The van der Waals surface area contributed by atoms with Gasteiger partial charge in [-0.05, 0) is 103 Å². The van der Waals surface area contributed by atoms with Crippen molar-refractivity contribution in [3.8, 4) is 0 Å². The number of aliphatic hydroxyl groups excluding tert-OH is 2. The summed E-state index contributed by atoms with van der Waals surface area (Å²) >= 11 is 0. The molecule has 17 atom stereocenters. The second-order valence-corrected chi connectivity index (χ2v) is 24.0. The van der Waals surface area contributed by atoms with Crippen LogP contribution in [-0.2, 0) is 65.3 Å². The van der Waals surface area contributed by atoms with E-state index in [0.717, 1.165) is 61.8 Å². The molecule has 1 aromatic rings. The summed E-state index contributed by atoms with van der Waals surface area (Å²) in [6.45, 7) is 18.8. The number of nitrogens with zero attached hydrogens (tertiary/aromatic N) is 3. The average Bonchev–Trinajstić information content (AvgIpc) is 4.11. The van der Waals surface area contributed by atoms with E-state index in [0.29, 0.717) is 84.3 Å². The van der Waals surface area contributed by atoms with Gasteiger partial charge in [-0.15, -0.1) is 5.10 Å². The Morgan fingerprint density at radius 2 is 1.64 bits per heavy atom. The quantitative estimate of drug-likeness (QED) is 0.154. The van der Waals surface area contributed by atoms with E-state index in [2.05, 4.69) is 28.8 Å². The third kappa shape index (κ3) is 14.1. The maximum Gasteiger partial charge on any atom is 0.135 e. The van der Waals surface area contributed by atoms with Crippen LogP contribution in [-0.4, -0.2) is 180 Å². The van der Waals surface area contributed by atoms with Crippen molar-refractivity contribution in [3.05, 3.63) is 36.2 Å². The lowest BCUT2D eigenvalue weighted by molar-refractivity contribution is -0.282. The Balaban J connectivity index is 0.824. The van der Waals surface area contributed by atoms with Crippen molar-refractivity contribution in [2.75, 3.05) is 40.1 Å². The largest absolute Gasteiger partial charge is 0.392 e. The van der Waals surface area contributed by atoms with E-state index in [1.165, 1.54) is 0 Å². The van der Waals surface area contributed by atoms with E-state index in [9.17, 15) is 19.4 Å². The van der Waals surface area contributed by atoms with Crippen molar-refractivity contribution in [1.29, 1.82) is 0 Å². The summed E-state index contributed by atoms with van der Waals surface area (Å²) in [4.78, 5) is 14.4. The smallest absolute Gasteiger partial charge is 0.135 e. The normalized spacial score (nSPS) is 39.0. The van der Waals surface area contributed by atoms with E-state index in [-0.39, 0.29) is 92.1 Å². The number of halogens is 1. The number of ketones is 1. The van der Waals surface area contributed by atoms with E-state index < -0.39 is 54.0 Å². The van der Waals surface area contributed by atoms with Crippen molar-refractivity contribution in [1.82, 2.24) is 20.3 Å². The number of alkyl halides is 1. The molecule has 18 heteroatoms. The van der Waals surface area contributed by atoms with Gasteiger partial charge in [0.1, 0.15) is 18.0 Å². The van der Waals surface area contributed by atoms with Crippen LogP contribution >= 0.6 is 0 Å². The number of fused-ring (bicyclic) bond motifs is 10. The first-order valence-corrected chi connectivity index (χ1v) is 27.7. The monoisotopic (exact) mass is 1030 g/mol. The number of aliphatic hydroxyl groups is 2. The molecule has 5 unspecified atom stereocenters. The first kappa shape index (κ1) is 55.5. The summed E-state index contributed by atoms with van der Waals surface area (Å²) in [7, 11) is 1.66. The van der Waals surface area contributed by atoms with Gasteiger partial charge in [0, 0.05) is 77.3 Å². The zero-order valence-electron chi connectivity index (χ0n) is 44.3. The van der Waals surface area contributed by atoms with Crippen LogP contribution in [0.4, 0.5) is 4.39 Å². The third-order valence-corrected chi connectivity index (χ3v) is 17.3. The Kier molecular flexibility index (Phi) is 18.3. The maximum absolute atomic E-state index is 14.4. The molecule has 9 rings (SSSR count). The molecule has 73 heavy (non-hydrogen) atoms. The maximum atomic E-state index is 14.4. The molecule has 412 valence electrons. The molecular formula is C55H87FN4O13. The molecule has 10 bridgehead atoms. The molecule has 8 aliphatic heterocycles. The molecule has 0 aromatic carbocycles. The topological polar surface area (TPSA) is 193 Å². The van der Waals surface area contributed by atoms with Gasteiger partial charge in [0.15, 0.2) is 0 Å². The minimum Gasteiger partial charge on any atom is -0.392 e. The van der Waals surface area contributed by atoms with Crippen LogP contribution in [0.2, 0.25) is 0 Å². The highest BCUT2D eigenvalue weighted by Gasteiger charge is 2.57. The van der Waals surface area contributed by atoms with Gasteiger partial charge in [0.25, 0.3) is 0 Å². The predicted molar refractivity (Wildman–Crippen MR) is 266 cm³/mol. The second kappa shape index (κ2) is 24.2. The number of hydrogen-bond acceptors (Lipinski definition) is 16. The minimum atomic E-state index is -0.774. The summed E-state index contributed by atoms with van der Waals surface area (Å²) in [5, 5.41) is 34.8. The first-order chi connectivity index (χ1) is 35.0. The van der Waals surface area contributed by atoms with Crippen molar-refractivity contribution >= 4 is 5.78 Å². The Morgan fingerprint density at radius 1 is 0.863 bits per heavy atom. The number of rotatable bonds is 17. The van der Waals surface area contributed by atoms with Crippen LogP contribution in [0.15, 0.2) is 30.5 Å². The lowest BCUT2D eigenvalue weighted by Crippen LogP contribution is -2.59. The lowest BCUT2D eigenvalue weighted by Gasteiger charge is -2.49. The van der Waals surface area contributed by atoms with Gasteiger partial charge in [0.05, 0.1) is 135 Å². The van der Waals surface area contributed by atoms with E-state index in [1.807, 2.05) is 33.9 Å². The van der Waals surface area contributed by atoms with Crippen molar-refractivity contribution in [2.45, 2.75) is 258 Å². The molecule has 8 saturated heterocycles. The molecule has 8 fully saturated rings. The number of Topliss-reactive ketones (excluding diaryl/α,β-unsaturated/α-hetero) is 1. The molecule has 1 spiro atoms. The number of nitrogens with one attached hydrogen (secondary N) is 1. The van der Waals surface area contributed by atoms with Gasteiger partial charge in [-0.25, -0.2) is 4.68 Å². The lowest BCUT2D eigenvalue weighted by atomic mass is 9.83. The molecule has 0 amide bonds. The highest BCUT2D eigenvalue weighted by Crippen LogP contribution is 2.47. The standard InChI is InChI=1S/C55H87FN4O13/c1-33-8-9-38-10-12-43-34(2)22-40(69-43)14-15-55-28-42(63)51(73-55)49-27-47(65-32-55)52-44(71-49)13-11-39(70-52)23-36(61)24-41-46(26-45(33)68-38)72-48(50(41)64-7)25-37(62)30-57-29-35-31-60(59-58-35)19-21-67-54(5,6)17-20-66-53(3,4)16-18-56/h31,37-52,57,62-63H,1-2,8-30,32H2,3-7H3/t37-,38+,39+,40?,41?,42+,43?,44-,45?,46-,47+,48?,49+,50+,51-,52-,55+/m0/s1. The molecule has 17 nitrogen and oxygen atoms in total. The van der Waals surface area contributed by atoms with Gasteiger partial charge in [0.2, 0.25) is 0 Å². The first-order valence-electron chi connectivity index (χ1n) is 27.7. The molecular weight excluding hydrogens is 944 g/mol. The summed E-state index contributed by atoms with van der Waals surface area (Å²) in [6.07, 6.45) is 7.39. The van der Waals surface area contributed by atoms with Gasteiger partial charge in [-0.2, -0.15) is 0 Å². The molecule has 0 aliphatic carbocycles. The molecule has 0 saturated carbocycles. The van der Waals surface area contributed by atoms with Gasteiger partial charge in [-0.1, -0.05) is 18.4 Å². The Morgan fingerprint density at radius 3 is 2.47 bits per heavy atom. The van der Waals surface area contributed by atoms with Gasteiger partial charge < -0.3 is 62.9 Å². The van der Waals surface area contributed by atoms with Crippen LogP contribution in [0, 0.1) is 5.92 Å². The number of carbonyl (C=O) groups is 1. The van der Waals surface area contributed by atoms with E-state index >= 15 is 0 Å². The predicted octanol–water partition coefficient (Wildman–Crippen LogP) is 5.98. The molecule has 9 heterocycles. The van der Waals surface area contributed by atoms with E-state index in [4.69, 9.17) is 47.4 Å². The zero-order valence-corrected chi connectivity index (χ0v) is 44.3. The fraction of sp³-hybridized carbons (Fsp3) is 0.873. The van der Waals surface area contributed by atoms with Crippen LogP contribution in [0.5, 0.6) is 0 Å². The second-order valence-electron chi connectivity index (χ2n) is 24.0. The fourth-order valence-electron chi connectivity index (χ4n) is 13.0. The number of ether oxygens (including phenoxy) is 10. The summed E-state index contributed by atoms with van der Waals surface area (Å²) in [5.41, 5.74) is 1.28. The number of carbonyl (C=O) groups excluding carboxylic acids is 1. The SMILES string of the molecule is C=C1CC2CC[C@@]34CO[C@@H]5C[C@@H](O[C@H]6CC[C@H](CC(=O)CC7[C@@H](OC)C(C[C@H](O)CNCc8cn(CCOC(C)(C)CCOC(C)(C)CCF)nn8)O[C@H]7CC7O[C@H](CCC7=C)CCC1O2)O[C@@H]65)[C@@H](O3)[C@H](O)C4. The Labute approximate surface area is 432 Å². The minimum absolute atomic E-state index is 0.00947. The van der Waals surface area contributed by atoms with Crippen molar-refractivity contribution in [2.24, 2.45) is 5.92 Å². The molecule has 0 radical (unpaired) electrons. The molecule has 3 N–H and O–H groups in total. The third-order valence-electron chi connectivity index (χ3n) is 17.3. The van der Waals surface area contributed by atoms with Crippen LogP contribution in [0.3, 0.4) is 0 Å². The van der Waals surface area contributed by atoms with Crippen LogP contribution in [0.1, 0.15) is 143 Å². The summed E-state index contributed by atoms with van der Waals surface area (Å²) in [5.74, 6) is -0.208. The summed E-state index contributed by atoms with van der Waals surface area (Å²) in [6, 6.07) is 0. The highest BCUT2D eigenvalue weighted by molar-refractivity contribution is 5.79. The van der Waals surface area contributed by atoms with E-state index in [1.54, 1.807) is 11.8 Å². The molecule has 1 aromatic heterocycles. The number of methoxy groups -OCH3 is 1. The Bertz CT molecular complexity index is 2010. The molecule has 8 aliphatic rings. The number of hydrogen-bond donors (Lipinski definition) is 3. The van der Waals surface area contributed by atoms with Crippen molar-refractivity contribution in [3.63, 3.8) is 0 Å². The average molecular weight is 1030 g/mol. The fourth-order valence-corrected chi connectivity index (χ4v) is 13.0.